The zero-order valence-corrected chi connectivity index (χ0v) is 26.4. The van der Waals surface area contributed by atoms with Crippen LogP contribution >= 0.6 is 31.4 Å². The minimum atomic E-state index is -2.46. The molecule has 0 spiro atoms. The molecule has 33 heavy (non-hydrogen) atoms. The fourth-order valence-corrected chi connectivity index (χ4v) is 12.8. The van der Waals surface area contributed by atoms with Gasteiger partial charge < -0.3 is 26.6 Å². The summed E-state index contributed by atoms with van der Waals surface area (Å²) in [6.07, 6.45) is 7.08. The molecule has 0 unspecified atom stereocenters. The second-order valence-electron chi connectivity index (χ2n) is 7.30. The van der Waals surface area contributed by atoms with Gasteiger partial charge in [0, 0.05) is 63.2 Å². The third-order valence-corrected chi connectivity index (χ3v) is 15.4. The van der Waals surface area contributed by atoms with Gasteiger partial charge in [-0.3, -0.25) is 0 Å². The van der Waals surface area contributed by atoms with Gasteiger partial charge in [-0.2, -0.15) is 0 Å². The summed E-state index contributed by atoms with van der Waals surface area (Å²) in [5, 5.41) is 0. The minimum absolute atomic E-state index is 0.657. The van der Waals surface area contributed by atoms with E-state index in [-0.39, 0.29) is 0 Å². The van der Waals surface area contributed by atoms with Gasteiger partial charge in [0.2, 0.25) is 0 Å². The lowest BCUT2D eigenvalue weighted by molar-refractivity contribution is 0.0699. The number of rotatable bonds is 26. The molecule has 0 aromatic carbocycles. The van der Waals surface area contributed by atoms with Crippen LogP contribution in [0.3, 0.4) is 0 Å². The zero-order chi connectivity index (χ0) is 24.7. The van der Waals surface area contributed by atoms with Gasteiger partial charge >= 0.3 is 17.6 Å². The van der Waals surface area contributed by atoms with E-state index in [2.05, 4.69) is 0 Å². The molecule has 0 radical (unpaired) electrons. The summed E-state index contributed by atoms with van der Waals surface area (Å²) >= 11 is 0. The molecule has 0 aliphatic carbocycles. The standard InChI is InChI=1S/C22H50O6S3Si2/c1-7-23-32(24-8-2,25-9-3)21-17-13-15-19-29-31-30-20-16-14-18-22-33(26-10-4,27-11-5)28-12-6/h7-22H2,1-6H3. The van der Waals surface area contributed by atoms with Crippen LogP contribution in [0.15, 0.2) is 0 Å². The second-order valence-corrected chi connectivity index (χ2v) is 17.2. The van der Waals surface area contributed by atoms with E-state index in [0.29, 0.717) is 39.6 Å². The van der Waals surface area contributed by atoms with Crippen molar-refractivity contribution in [2.75, 3.05) is 51.1 Å². The maximum Gasteiger partial charge on any atom is 0.500 e. The van der Waals surface area contributed by atoms with Gasteiger partial charge in [-0.25, -0.2) is 0 Å². The number of hydrogen-bond donors (Lipinski definition) is 0. The Bertz CT molecular complexity index is 358. The van der Waals surface area contributed by atoms with Crippen LogP contribution in [-0.4, -0.2) is 68.8 Å². The summed E-state index contributed by atoms with van der Waals surface area (Å²) in [4.78, 5) is 0. The van der Waals surface area contributed by atoms with Crippen LogP contribution in [0.1, 0.15) is 80.1 Å². The Morgan fingerprint density at radius 1 is 0.424 bits per heavy atom. The van der Waals surface area contributed by atoms with Crippen LogP contribution in [-0.2, 0) is 26.6 Å². The van der Waals surface area contributed by atoms with Crippen molar-refractivity contribution in [3.05, 3.63) is 0 Å². The molecule has 0 rings (SSSR count). The number of unbranched alkanes of at least 4 members (excludes halogenated alkanes) is 4. The van der Waals surface area contributed by atoms with E-state index < -0.39 is 17.6 Å². The van der Waals surface area contributed by atoms with Crippen LogP contribution in [0.2, 0.25) is 12.1 Å². The molecule has 0 atom stereocenters. The highest BCUT2D eigenvalue weighted by molar-refractivity contribution is 9.09. The largest absolute Gasteiger partial charge is 0.500 e. The zero-order valence-electron chi connectivity index (χ0n) is 22.0. The molecule has 0 aliphatic rings. The SMILES string of the molecule is CCO[Si](CCCCCSSSCCCCC[Si](OCC)(OCC)OCC)(OCC)OCC. The molecule has 0 bridgehead atoms. The van der Waals surface area contributed by atoms with E-state index in [1.807, 2.05) is 73.0 Å². The van der Waals surface area contributed by atoms with Crippen LogP contribution in [0.5, 0.6) is 0 Å². The second kappa shape index (κ2) is 23.6. The van der Waals surface area contributed by atoms with E-state index in [4.69, 9.17) is 26.6 Å². The van der Waals surface area contributed by atoms with E-state index in [1.165, 1.54) is 37.2 Å². The van der Waals surface area contributed by atoms with Crippen molar-refractivity contribution in [2.24, 2.45) is 0 Å². The van der Waals surface area contributed by atoms with Gasteiger partial charge in [-0.05, 0) is 77.1 Å². The molecule has 0 amide bonds. The van der Waals surface area contributed by atoms with Gasteiger partial charge in [0.05, 0.1) is 0 Å². The maximum atomic E-state index is 5.93. The topological polar surface area (TPSA) is 55.4 Å². The maximum absolute atomic E-state index is 5.93. The smallest absolute Gasteiger partial charge is 0.374 e. The Kier molecular flexibility index (Phi) is 24.5. The first-order valence-electron chi connectivity index (χ1n) is 12.8. The molecule has 200 valence electrons. The van der Waals surface area contributed by atoms with Crippen molar-refractivity contribution >= 4 is 49.0 Å². The Morgan fingerprint density at radius 3 is 1.00 bits per heavy atom. The van der Waals surface area contributed by atoms with Crippen molar-refractivity contribution in [1.29, 1.82) is 0 Å². The average Bonchev–Trinajstić information content (AvgIpc) is 2.78. The summed E-state index contributed by atoms with van der Waals surface area (Å²) in [7, 11) is 0.967. The van der Waals surface area contributed by atoms with Crippen LogP contribution < -0.4 is 0 Å². The molecule has 11 heteroatoms. The summed E-state index contributed by atoms with van der Waals surface area (Å²) in [5.74, 6) is 2.38. The van der Waals surface area contributed by atoms with Crippen molar-refractivity contribution in [1.82, 2.24) is 0 Å². The number of hydrogen-bond acceptors (Lipinski definition) is 9. The molecule has 0 aromatic heterocycles. The molecule has 0 aliphatic heterocycles. The monoisotopic (exact) mass is 562 g/mol. The van der Waals surface area contributed by atoms with Crippen molar-refractivity contribution in [3.8, 4) is 0 Å². The molecule has 0 aromatic rings. The quantitative estimate of drug-likeness (QED) is 0.0607. The molecule has 6 nitrogen and oxygen atoms in total. The van der Waals surface area contributed by atoms with E-state index in [9.17, 15) is 0 Å². The van der Waals surface area contributed by atoms with Crippen molar-refractivity contribution in [3.63, 3.8) is 0 Å². The van der Waals surface area contributed by atoms with Crippen LogP contribution in [0.25, 0.3) is 0 Å². The van der Waals surface area contributed by atoms with Crippen LogP contribution in [0, 0.1) is 0 Å². The lowest BCUT2D eigenvalue weighted by atomic mass is 10.3. The van der Waals surface area contributed by atoms with Gasteiger partial charge in [-0.15, -0.1) is 0 Å². The summed E-state index contributed by atoms with van der Waals surface area (Å²) in [5.41, 5.74) is 0. The molecular weight excluding hydrogens is 513 g/mol. The molecule has 0 heterocycles. The fourth-order valence-electron chi connectivity index (χ4n) is 3.46. The summed E-state index contributed by atoms with van der Waals surface area (Å²) in [6.45, 7) is 16.0. The fraction of sp³-hybridized carbons (Fsp3) is 1.00. The Hall–Kier alpha value is 1.24. The lowest BCUT2D eigenvalue weighted by Crippen LogP contribution is -2.45. The van der Waals surface area contributed by atoms with E-state index >= 15 is 0 Å². The van der Waals surface area contributed by atoms with Gasteiger partial charge in [0.25, 0.3) is 0 Å². The molecular formula is C22H50O6S3Si2. The minimum Gasteiger partial charge on any atom is -0.374 e. The summed E-state index contributed by atoms with van der Waals surface area (Å²) < 4.78 is 35.6. The lowest BCUT2D eigenvalue weighted by Gasteiger charge is -2.28. The molecule has 0 saturated heterocycles. The molecule has 0 saturated carbocycles. The first kappa shape index (κ1) is 34.2. The van der Waals surface area contributed by atoms with E-state index in [1.54, 1.807) is 0 Å². The van der Waals surface area contributed by atoms with Crippen molar-refractivity contribution < 1.29 is 26.6 Å². The highest BCUT2D eigenvalue weighted by Crippen LogP contribution is 2.36. The van der Waals surface area contributed by atoms with Gasteiger partial charge in [-0.1, -0.05) is 34.4 Å². The normalized spacial score (nSPS) is 12.5. The third-order valence-electron chi connectivity index (χ3n) is 4.70. The highest BCUT2D eigenvalue weighted by Gasteiger charge is 2.40. The summed E-state index contributed by atoms with van der Waals surface area (Å²) in [6, 6.07) is 1.85. The molecule has 0 N–H and O–H groups in total. The Balaban J connectivity index is 3.79. The predicted octanol–water partition coefficient (Wildman–Crippen LogP) is 7.45. The first-order chi connectivity index (χ1) is 16.1. The van der Waals surface area contributed by atoms with E-state index in [0.717, 1.165) is 24.9 Å². The van der Waals surface area contributed by atoms with Crippen LogP contribution in [0.4, 0.5) is 0 Å². The highest BCUT2D eigenvalue weighted by atomic mass is 33.5. The molecule has 0 fully saturated rings. The average molecular weight is 563 g/mol. The Labute approximate surface area is 218 Å². The predicted molar refractivity (Wildman–Crippen MR) is 151 cm³/mol. The third kappa shape index (κ3) is 17.4. The first-order valence-corrected chi connectivity index (χ1v) is 20.5. The van der Waals surface area contributed by atoms with Gasteiger partial charge in [0.15, 0.2) is 0 Å². The van der Waals surface area contributed by atoms with Crippen molar-refractivity contribution in [2.45, 2.75) is 92.2 Å². The van der Waals surface area contributed by atoms with Gasteiger partial charge in [0.1, 0.15) is 0 Å². The Morgan fingerprint density at radius 2 is 0.727 bits per heavy atom.